The summed E-state index contributed by atoms with van der Waals surface area (Å²) in [5, 5.41) is 0. The van der Waals surface area contributed by atoms with E-state index in [1.165, 1.54) is 35.5 Å². The molecule has 0 saturated heterocycles. The molecule has 8 saturated carbocycles. The van der Waals surface area contributed by atoms with Gasteiger partial charge in [-0.3, -0.25) is 0 Å². The molecule has 0 aromatic carbocycles. The van der Waals surface area contributed by atoms with Crippen LogP contribution in [0.3, 0.4) is 0 Å². The van der Waals surface area contributed by atoms with Gasteiger partial charge in [0, 0.05) is 0 Å². The number of hydrogen-bond donors (Lipinski definition) is 0. The highest BCUT2D eigenvalue weighted by molar-refractivity contribution is 5.51. The Kier molecular flexibility index (Phi) is 1.69. The maximum Gasteiger partial charge on any atom is -0.00501 e. The molecule has 13 atom stereocenters. The molecule has 24 heavy (non-hydrogen) atoms. The van der Waals surface area contributed by atoms with Crippen LogP contribution in [-0.4, -0.2) is 0 Å². The minimum atomic E-state index is 0.759. The summed E-state index contributed by atoms with van der Waals surface area (Å²) in [5.41, 5.74) is 2.50. The van der Waals surface area contributed by atoms with Gasteiger partial charge in [0.15, 0.2) is 0 Å². The molecule has 8 fully saturated rings. The molecule has 128 valence electrons. The largest absolute Gasteiger partial charge is 0.0810 e. The van der Waals surface area contributed by atoms with E-state index in [9.17, 15) is 0 Å². The summed E-state index contributed by atoms with van der Waals surface area (Å²) in [5.74, 6) is 13.3. The highest BCUT2D eigenvalue weighted by Crippen LogP contribution is 3.09. The van der Waals surface area contributed by atoms with Crippen molar-refractivity contribution in [1.82, 2.24) is 0 Å². The lowest BCUT2D eigenvalue weighted by Crippen LogP contribution is -2.77. The molecular weight excluding hydrogens is 288 g/mol. The maximum atomic E-state index is 2.81. The monoisotopic (exact) mass is 320 g/mol. The topological polar surface area (TPSA) is 0 Å². The van der Waals surface area contributed by atoms with Gasteiger partial charge in [0.25, 0.3) is 0 Å². The van der Waals surface area contributed by atoms with Gasteiger partial charge in [0.05, 0.1) is 0 Å². The van der Waals surface area contributed by atoms with E-state index in [2.05, 4.69) is 39.8 Å². The lowest BCUT2D eigenvalue weighted by molar-refractivity contribution is -0.338. The molecule has 0 aliphatic heterocycles. The van der Waals surface area contributed by atoms with Crippen molar-refractivity contribution >= 4 is 0 Å². The fourth-order valence-corrected chi connectivity index (χ4v) is 13.2. The fraction of sp³-hybridized carbons (Fsp3) is 0.917. The van der Waals surface area contributed by atoms with Gasteiger partial charge in [-0.05, 0) is 107 Å². The Labute approximate surface area is 146 Å². The van der Waals surface area contributed by atoms with E-state index in [0.717, 1.165) is 51.8 Å². The van der Waals surface area contributed by atoms with Gasteiger partial charge in [0.2, 0.25) is 0 Å². The van der Waals surface area contributed by atoms with Crippen LogP contribution in [0, 0.1) is 87.3 Å². The highest BCUT2D eigenvalue weighted by Gasteiger charge is 3.05. The highest BCUT2D eigenvalue weighted by atomic mass is 15.1. The second-order valence-electron chi connectivity index (χ2n) is 12.3. The molecule has 0 aromatic heterocycles. The lowest BCUT2D eigenvalue weighted by atomic mass is 9.24. The third-order valence-electron chi connectivity index (χ3n) is 12.4. The van der Waals surface area contributed by atoms with E-state index in [4.69, 9.17) is 0 Å². The van der Waals surface area contributed by atoms with Gasteiger partial charge in [-0.25, -0.2) is 0 Å². The third kappa shape index (κ3) is 0.791. The van der Waals surface area contributed by atoms with E-state index in [0.29, 0.717) is 0 Å². The molecule has 13 unspecified atom stereocenters. The molecule has 0 radical (unpaired) electrons. The first-order chi connectivity index (χ1) is 11.5. The zero-order chi connectivity index (χ0) is 16.0. The summed E-state index contributed by atoms with van der Waals surface area (Å²) in [6, 6.07) is 0. The van der Waals surface area contributed by atoms with Crippen LogP contribution in [0.4, 0.5) is 0 Å². The minimum Gasteiger partial charge on any atom is -0.0810 e. The van der Waals surface area contributed by atoms with Crippen molar-refractivity contribution in [2.75, 3.05) is 0 Å². The molecule has 0 aromatic rings. The van der Waals surface area contributed by atoms with Gasteiger partial charge in [-0.15, -0.1) is 0 Å². The lowest BCUT2D eigenvalue weighted by Gasteiger charge is -2.80. The molecule has 0 nitrogen and oxygen atoms in total. The maximum absolute atomic E-state index is 2.81. The van der Waals surface area contributed by atoms with Crippen LogP contribution in [0.2, 0.25) is 0 Å². The Morgan fingerprint density at radius 2 is 1.79 bits per heavy atom. The minimum absolute atomic E-state index is 0.759. The summed E-state index contributed by atoms with van der Waals surface area (Å²) in [4.78, 5) is 0. The molecule has 0 heteroatoms. The van der Waals surface area contributed by atoms with Crippen LogP contribution in [0.5, 0.6) is 0 Å². The van der Waals surface area contributed by atoms with E-state index in [-0.39, 0.29) is 0 Å². The zero-order valence-corrected chi connectivity index (χ0v) is 15.7. The Morgan fingerprint density at radius 3 is 2.50 bits per heavy atom. The predicted octanol–water partition coefficient (Wildman–Crippen LogP) is 5.25. The van der Waals surface area contributed by atoms with Crippen LogP contribution in [0.15, 0.2) is 12.2 Å². The molecule has 6 bridgehead atoms. The standard InChI is InChI=1S/C24H32/c1-10(2)15-16-11(3)8-23-19(15)21-17-13-9-22(4,14(17)7-12-5-6-12)24(21,23)18(13)20(16)23/h5-6,10-21H,7-9H2,1-4H3. The van der Waals surface area contributed by atoms with Crippen molar-refractivity contribution in [3.63, 3.8) is 0 Å². The van der Waals surface area contributed by atoms with Gasteiger partial charge in [0.1, 0.15) is 0 Å². The Balaban J connectivity index is 1.34. The van der Waals surface area contributed by atoms with E-state index < -0.39 is 0 Å². The average molecular weight is 321 g/mol. The fourth-order valence-electron chi connectivity index (χ4n) is 13.2. The summed E-state index contributed by atoms with van der Waals surface area (Å²) < 4.78 is 0. The van der Waals surface area contributed by atoms with Crippen molar-refractivity contribution in [3.8, 4) is 0 Å². The van der Waals surface area contributed by atoms with Crippen LogP contribution >= 0.6 is 0 Å². The summed E-state index contributed by atoms with van der Waals surface area (Å²) >= 11 is 0. The Hall–Kier alpha value is -0.260. The van der Waals surface area contributed by atoms with Crippen LogP contribution in [0.1, 0.15) is 47.0 Å². The Bertz CT molecular complexity index is 726. The molecular formula is C24H32. The first kappa shape index (κ1) is 13.0. The van der Waals surface area contributed by atoms with Gasteiger partial charge < -0.3 is 0 Å². The zero-order valence-electron chi connectivity index (χ0n) is 15.7. The summed E-state index contributed by atoms with van der Waals surface area (Å²) in [6.45, 7) is 10.6. The molecule has 9 rings (SSSR count). The molecule has 0 amide bonds. The van der Waals surface area contributed by atoms with Crippen LogP contribution in [0.25, 0.3) is 0 Å². The van der Waals surface area contributed by atoms with E-state index in [1.54, 1.807) is 19.3 Å². The van der Waals surface area contributed by atoms with Crippen molar-refractivity contribution in [3.05, 3.63) is 12.2 Å². The third-order valence-corrected chi connectivity index (χ3v) is 12.4. The van der Waals surface area contributed by atoms with Crippen LogP contribution < -0.4 is 0 Å². The molecule has 9 aliphatic rings. The normalized spacial score (nSPS) is 76.7. The molecule has 0 heterocycles. The first-order valence-electron chi connectivity index (χ1n) is 11.2. The quantitative estimate of drug-likeness (QED) is 0.623. The van der Waals surface area contributed by atoms with E-state index >= 15 is 0 Å². The predicted molar refractivity (Wildman–Crippen MR) is 94.9 cm³/mol. The van der Waals surface area contributed by atoms with E-state index in [1.807, 2.05) is 0 Å². The number of hydrogen-bond acceptors (Lipinski definition) is 0. The summed E-state index contributed by atoms with van der Waals surface area (Å²) in [7, 11) is 0. The first-order valence-corrected chi connectivity index (χ1v) is 11.2. The second-order valence-corrected chi connectivity index (χ2v) is 12.3. The second kappa shape index (κ2) is 3.11. The van der Waals surface area contributed by atoms with Crippen molar-refractivity contribution < 1.29 is 0 Å². The number of rotatable bonds is 3. The molecule has 2 spiro atoms. The molecule has 0 N–H and O–H groups in total. The molecule has 9 aliphatic carbocycles. The van der Waals surface area contributed by atoms with Crippen LogP contribution in [-0.2, 0) is 0 Å². The van der Waals surface area contributed by atoms with Crippen molar-refractivity contribution in [1.29, 1.82) is 0 Å². The van der Waals surface area contributed by atoms with Crippen molar-refractivity contribution in [2.45, 2.75) is 47.0 Å². The number of allylic oxidation sites excluding steroid dienone is 2. The average Bonchev–Trinajstić information content (AvgIpc) is 3.04. The van der Waals surface area contributed by atoms with Crippen molar-refractivity contribution in [2.24, 2.45) is 87.3 Å². The van der Waals surface area contributed by atoms with Gasteiger partial charge in [-0.2, -0.15) is 0 Å². The Morgan fingerprint density at radius 1 is 1.00 bits per heavy atom. The smallest absolute Gasteiger partial charge is 0.00501 e. The summed E-state index contributed by atoms with van der Waals surface area (Å²) in [6.07, 6.45) is 9.81. The van der Waals surface area contributed by atoms with Gasteiger partial charge >= 0.3 is 0 Å². The van der Waals surface area contributed by atoms with Gasteiger partial charge in [-0.1, -0.05) is 39.8 Å². The SMILES string of the molecule is CC(C)C1C2C(C)CC34C2C2C5CC6(C)C(CC7C=C7)C5C(C13)C264.